The van der Waals surface area contributed by atoms with Crippen molar-refractivity contribution in [3.63, 3.8) is 0 Å². The number of carbonyl (C=O) groups is 4. The maximum atomic E-state index is 13.0. The Bertz CT molecular complexity index is 1780. The Labute approximate surface area is 285 Å². The molecule has 1 N–H and O–H groups in total. The van der Waals surface area contributed by atoms with Crippen molar-refractivity contribution >= 4 is 52.2 Å². The summed E-state index contributed by atoms with van der Waals surface area (Å²) in [5.41, 5.74) is 2.16. The average Bonchev–Trinajstić information content (AvgIpc) is 3.33. The standard InChI is InChI=1S/C34H33N3O11S/c38-22-2-8-29(30(39)18-22)36-33(40)25-5-3-23(19-26(25)34(36)41)47-15-13-45-11-9-44-10-12-46-14-16-48-24-4-7-28-32(20-24)49-31-17-21(37(42)43)1-6-27(31)35-28/h1,3-7,17,19-20,29,35H,2,8-16,18H2. The monoisotopic (exact) mass is 691 g/mol. The van der Waals surface area contributed by atoms with Crippen molar-refractivity contribution in [3.05, 3.63) is 75.8 Å². The average molecular weight is 692 g/mol. The fourth-order valence-electron chi connectivity index (χ4n) is 5.58. The van der Waals surface area contributed by atoms with E-state index in [4.69, 9.17) is 23.7 Å². The molecule has 2 heterocycles. The van der Waals surface area contributed by atoms with Crippen LogP contribution in [0.5, 0.6) is 11.5 Å². The lowest BCUT2D eigenvalue weighted by Crippen LogP contribution is -2.47. The third kappa shape index (κ3) is 8.08. The van der Waals surface area contributed by atoms with Crippen LogP contribution in [0.25, 0.3) is 0 Å². The van der Waals surface area contributed by atoms with Crippen molar-refractivity contribution < 1.29 is 47.8 Å². The minimum absolute atomic E-state index is 0.0430. The molecule has 0 bridgehead atoms. The van der Waals surface area contributed by atoms with Crippen molar-refractivity contribution in [2.75, 3.05) is 58.2 Å². The molecule has 0 aromatic heterocycles. The fourth-order valence-corrected chi connectivity index (χ4v) is 6.63. The molecule has 6 rings (SSSR count). The molecule has 3 aromatic rings. The van der Waals surface area contributed by atoms with E-state index in [9.17, 15) is 29.3 Å². The number of nitrogens with zero attached hydrogens (tertiary/aromatic N) is 2. The summed E-state index contributed by atoms with van der Waals surface area (Å²) < 4.78 is 28.1. The second kappa shape index (κ2) is 15.6. The van der Waals surface area contributed by atoms with E-state index in [1.54, 1.807) is 18.2 Å². The number of nitro groups is 1. The Hall–Kier alpha value is -4.83. The summed E-state index contributed by atoms with van der Waals surface area (Å²) in [5, 5.41) is 14.4. The van der Waals surface area contributed by atoms with E-state index in [1.165, 1.54) is 30.0 Å². The summed E-state index contributed by atoms with van der Waals surface area (Å²) in [6.45, 7) is 2.69. The van der Waals surface area contributed by atoms with Crippen LogP contribution in [0.1, 0.15) is 40.0 Å². The highest BCUT2D eigenvalue weighted by Gasteiger charge is 2.44. The van der Waals surface area contributed by atoms with Crippen LogP contribution in [0.4, 0.5) is 17.1 Å². The van der Waals surface area contributed by atoms with E-state index in [2.05, 4.69) is 5.32 Å². The zero-order chi connectivity index (χ0) is 34.3. The molecule has 1 fully saturated rings. The van der Waals surface area contributed by atoms with E-state index in [-0.39, 0.29) is 55.1 Å². The second-order valence-corrected chi connectivity index (χ2v) is 12.4. The Kier molecular flexibility index (Phi) is 10.8. The van der Waals surface area contributed by atoms with Gasteiger partial charge in [-0.15, -0.1) is 0 Å². The molecule has 3 aliphatic rings. The summed E-state index contributed by atoms with van der Waals surface area (Å²) >= 11 is 1.45. The number of fused-ring (bicyclic) bond motifs is 3. The van der Waals surface area contributed by atoms with Crippen molar-refractivity contribution in [2.24, 2.45) is 0 Å². The van der Waals surface area contributed by atoms with Crippen molar-refractivity contribution in [1.82, 2.24) is 4.90 Å². The van der Waals surface area contributed by atoms with Crippen LogP contribution >= 0.6 is 11.8 Å². The molecule has 0 spiro atoms. The molecule has 15 heteroatoms. The van der Waals surface area contributed by atoms with Gasteiger partial charge in [0.25, 0.3) is 17.5 Å². The molecule has 2 amide bonds. The van der Waals surface area contributed by atoms with Gasteiger partial charge in [0.1, 0.15) is 30.5 Å². The number of rotatable bonds is 16. The van der Waals surface area contributed by atoms with Crippen LogP contribution in [0.3, 0.4) is 0 Å². The number of anilines is 2. The number of imide groups is 1. The number of benzene rings is 3. The molecule has 14 nitrogen and oxygen atoms in total. The van der Waals surface area contributed by atoms with Gasteiger partial charge in [0.05, 0.1) is 79.5 Å². The highest BCUT2D eigenvalue weighted by Crippen LogP contribution is 2.46. The lowest BCUT2D eigenvalue weighted by molar-refractivity contribution is -0.385. The molecule has 0 radical (unpaired) electrons. The molecule has 1 aliphatic carbocycles. The summed E-state index contributed by atoms with van der Waals surface area (Å²) in [6.07, 6.45) is 0.0627. The molecule has 256 valence electrons. The number of carbonyl (C=O) groups excluding carboxylic acids is 4. The molecule has 3 aromatic carbocycles. The minimum Gasteiger partial charge on any atom is -0.491 e. The number of ketones is 2. The zero-order valence-electron chi connectivity index (χ0n) is 26.3. The van der Waals surface area contributed by atoms with Crippen LogP contribution in [-0.4, -0.2) is 92.1 Å². The maximum absolute atomic E-state index is 13.0. The minimum atomic E-state index is -0.910. The van der Waals surface area contributed by atoms with Gasteiger partial charge in [-0.3, -0.25) is 34.2 Å². The number of non-ortho nitro benzene ring substituents is 1. The summed E-state index contributed by atoms with van der Waals surface area (Å²) in [7, 11) is 0. The summed E-state index contributed by atoms with van der Waals surface area (Å²) in [6, 6.07) is 14.1. The van der Waals surface area contributed by atoms with Gasteiger partial charge in [0.2, 0.25) is 0 Å². The normalized spacial score (nSPS) is 16.6. The third-order valence-corrected chi connectivity index (χ3v) is 9.11. The largest absolute Gasteiger partial charge is 0.491 e. The second-order valence-electron chi connectivity index (χ2n) is 11.3. The lowest BCUT2D eigenvalue weighted by Gasteiger charge is -2.27. The van der Waals surface area contributed by atoms with E-state index in [1.807, 2.05) is 18.2 Å². The molecule has 1 unspecified atom stereocenters. The first-order chi connectivity index (χ1) is 23.8. The van der Waals surface area contributed by atoms with Gasteiger partial charge >= 0.3 is 0 Å². The third-order valence-electron chi connectivity index (χ3n) is 8.00. The summed E-state index contributed by atoms with van der Waals surface area (Å²) in [4.78, 5) is 63.0. The first-order valence-corrected chi connectivity index (χ1v) is 16.5. The van der Waals surface area contributed by atoms with Gasteiger partial charge in [-0.25, -0.2) is 0 Å². The molecule has 0 saturated heterocycles. The Balaban J connectivity index is 0.807. The summed E-state index contributed by atoms with van der Waals surface area (Å²) in [5.74, 6) is -0.610. The number of Topliss-reactive ketones (excluding diaryl/α,β-unsaturated/α-hetero) is 2. The van der Waals surface area contributed by atoms with Crippen LogP contribution in [0.2, 0.25) is 0 Å². The quantitative estimate of drug-likeness (QED) is 0.0569. The molecular formula is C34H33N3O11S. The van der Waals surface area contributed by atoms with Crippen molar-refractivity contribution in [3.8, 4) is 11.5 Å². The number of nitrogens with one attached hydrogen (secondary N) is 1. The zero-order valence-corrected chi connectivity index (χ0v) is 27.2. The van der Waals surface area contributed by atoms with Gasteiger partial charge < -0.3 is 29.0 Å². The fraction of sp³-hybridized carbons (Fsp3) is 0.353. The highest BCUT2D eigenvalue weighted by molar-refractivity contribution is 7.99. The SMILES string of the molecule is O=C1CCC(N2C(=O)c3ccc(OCCOCCOCCOCCOc4ccc5c(c4)Sc4cc([N+](=O)[O-])ccc4N5)cc3C2=O)C(=O)C1. The molecule has 1 saturated carbocycles. The first-order valence-electron chi connectivity index (χ1n) is 15.7. The van der Waals surface area contributed by atoms with Crippen molar-refractivity contribution in [2.45, 2.75) is 35.1 Å². The van der Waals surface area contributed by atoms with Crippen LogP contribution in [0.15, 0.2) is 64.4 Å². The highest BCUT2D eigenvalue weighted by atomic mass is 32.2. The lowest BCUT2D eigenvalue weighted by atomic mass is 9.92. The smallest absolute Gasteiger partial charge is 0.270 e. The topological polar surface area (TPSA) is 173 Å². The molecular weight excluding hydrogens is 658 g/mol. The van der Waals surface area contributed by atoms with Gasteiger partial charge in [-0.1, -0.05) is 11.8 Å². The molecule has 2 aliphatic heterocycles. The van der Waals surface area contributed by atoms with E-state index in [0.29, 0.717) is 51.1 Å². The predicted molar refractivity (Wildman–Crippen MR) is 175 cm³/mol. The van der Waals surface area contributed by atoms with Gasteiger partial charge in [0, 0.05) is 28.3 Å². The van der Waals surface area contributed by atoms with Gasteiger partial charge in [-0.2, -0.15) is 0 Å². The van der Waals surface area contributed by atoms with E-state index < -0.39 is 28.6 Å². The maximum Gasteiger partial charge on any atom is 0.270 e. The number of hydrogen-bond acceptors (Lipinski definition) is 13. The van der Waals surface area contributed by atoms with E-state index in [0.717, 1.165) is 26.1 Å². The van der Waals surface area contributed by atoms with Gasteiger partial charge in [-0.05, 0) is 48.9 Å². The van der Waals surface area contributed by atoms with E-state index >= 15 is 0 Å². The Morgan fingerprint density at radius 2 is 1.31 bits per heavy atom. The van der Waals surface area contributed by atoms with Crippen LogP contribution in [-0.2, 0) is 23.8 Å². The van der Waals surface area contributed by atoms with Crippen LogP contribution < -0.4 is 14.8 Å². The van der Waals surface area contributed by atoms with Gasteiger partial charge in [0.15, 0.2) is 5.78 Å². The molecule has 1 atom stereocenters. The number of amides is 2. The Morgan fingerprint density at radius 3 is 1.96 bits per heavy atom. The number of hydrogen-bond donors (Lipinski definition) is 1. The predicted octanol–water partition coefficient (Wildman–Crippen LogP) is 4.60. The molecule has 49 heavy (non-hydrogen) atoms. The Morgan fingerprint density at radius 1 is 0.735 bits per heavy atom. The first kappa shape index (κ1) is 34.0. The number of ether oxygens (including phenoxy) is 5. The number of nitro benzene ring substituents is 1. The van der Waals surface area contributed by atoms with Crippen molar-refractivity contribution in [1.29, 1.82) is 0 Å². The van der Waals surface area contributed by atoms with Crippen LogP contribution in [0, 0.1) is 10.1 Å².